The van der Waals surface area contributed by atoms with E-state index in [1.807, 2.05) is 31.2 Å². The van der Waals surface area contributed by atoms with Gasteiger partial charge in [0, 0.05) is 54.6 Å². The predicted molar refractivity (Wildman–Crippen MR) is 116 cm³/mol. The number of benzene rings is 2. The fourth-order valence-corrected chi connectivity index (χ4v) is 3.74. The van der Waals surface area contributed by atoms with Crippen molar-refractivity contribution in [3.63, 3.8) is 0 Å². The van der Waals surface area contributed by atoms with Crippen molar-refractivity contribution < 1.29 is 13.9 Å². The molecule has 1 aromatic heterocycles. The first kappa shape index (κ1) is 19.3. The predicted octanol–water partition coefficient (Wildman–Crippen LogP) is 3.68. The minimum Gasteiger partial charge on any atom is -0.497 e. The summed E-state index contributed by atoms with van der Waals surface area (Å²) in [7, 11) is 3.77. The van der Waals surface area contributed by atoms with Crippen molar-refractivity contribution in [2.24, 2.45) is 0 Å². The van der Waals surface area contributed by atoms with Gasteiger partial charge >= 0.3 is 0 Å². The first-order valence-corrected chi connectivity index (χ1v) is 9.91. The van der Waals surface area contributed by atoms with Crippen LogP contribution in [0.25, 0.3) is 11.0 Å². The Hall–Kier alpha value is -2.99. The maximum absolute atomic E-state index is 12.6. The van der Waals surface area contributed by atoms with Gasteiger partial charge in [0.2, 0.25) is 5.91 Å². The van der Waals surface area contributed by atoms with E-state index in [0.29, 0.717) is 0 Å². The smallest absolute Gasteiger partial charge is 0.228 e. The fraction of sp³-hybridized carbons (Fsp3) is 0.348. The number of ether oxygens (including phenoxy) is 1. The second-order valence-electron chi connectivity index (χ2n) is 7.64. The SMILES string of the molecule is COc1ccc2c(CC(=O)Nc3ccc(N4CCN(C)CC4)cc3C)coc2c1. The van der Waals surface area contributed by atoms with Crippen molar-refractivity contribution in [1.82, 2.24) is 4.90 Å². The van der Waals surface area contributed by atoms with Crippen LogP contribution in [-0.2, 0) is 11.2 Å². The molecule has 1 amide bonds. The monoisotopic (exact) mass is 393 g/mol. The zero-order chi connectivity index (χ0) is 20.4. The molecule has 0 unspecified atom stereocenters. The van der Waals surface area contributed by atoms with E-state index < -0.39 is 0 Å². The molecule has 152 valence electrons. The number of hydrogen-bond acceptors (Lipinski definition) is 5. The summed E-state index contributed by atoms with van der Waals surface area (Å²) < 4.78 is 10.8. The number of fused-ring (bicyclic) bond motifs is 1. The van der Waals surface area contributed by atoms with Crippen LogP contribution in [0.4, 0.5) is 11.4 Å². The Labute approximate surface area is 171 Å². The first-order valence-electron chi connectivity index (χ1n) is 9.91. The third kappa shape index (κ3) is 4.22. The zero-order valence-corrected chi connectivity index (χ0v) is 17.2. The molecule has 4 rings (SSSR count). The number of likely N-dealkylation sites (N-methyl/N-ethyl adjacent to an activating group) is 1. The summed E-state index contributed by atoms with van der Waals surface area (Å²) in [6.07, 6.45) is 1.91. The normalized spacial score (nSPS) is 14.9. The molecule has 0 atom stereocenters. The van der Waals surface area contributed by atoms with E-state index in [1.54, 1.807) is 13.4 Å². The van der Waals surface area contributed by atoms with Crippen molar-refractivity contribution in [3.8, 4) is 5.75 Å². The van der Waals surface area contributed by atoms with Gasteiger partial charge in [0.15, 0.2) is 0 Å². The molecule has 2 aromatic carbocycles. The van der Waals surface area contributed by atoms with Gasteiger partial charge in [0.25, 0.3) is 0 Å². The lowest BCUT2D eigenvalue weighted by molar-refractivity contribution is -0.115. The van der Waals surface area contributed by atoms with Crippen LogP contribution < -0.4 is 15.0 Å². The quantitative estimate of drug-likeness (QED) is 0.717. The first-order chi connectivity index (χ1) is 14.0. The maximum Gasteiger partial charge on any atom is 0.228 e. The average Bonchev–Trinajstić information content (AvgIpc) is 3.12. The number of carbonyl (C=O) groups is 1. The third-order valence-electron chi connectivity index (χ3n) is 5.57. The van der Waals surface area contributed by atoms with Crippen molar-refractivity contribution in [2.45, 2.75) is 13.3 Å². The Bertz CT molecular complexity index is 1020. The summed E-state index contributed by atoms with van der Waals surface area (Å²) in [6, 6.07) is 11.9. The fourth-order valence-electron chi connectivity index (χ4n) is 3.74. The lowest BCUT2D eigenvalue weighted by Crippen LogP contribution is -2.44. The van der Waals surface area contributed by atoms with Crippen LogP contribution in [0.1, 0.15) is 11.1 Å². The van der Waals surface area contributed by atoms with Crippen molar-refractivity contribution in [2.75, 3.05) is 50.6 Å². The Morgan fingerprint density at radius 2 is 1.93 bits per heavy atom. The van der Waals surface area contributed by atoms with E-state index in [9.17, 15) is 4.79 Å². The van der Waals surface area contributed by atoms with Gasteiger partial charge < -0.3 is 24.3 Å². The molecule has 0 spiro atoms. The highest BCUT2D eigenvalue weighted by Gasteiger charge is 2.16. The highest BCUT2D eigenvalue weighted by Crippen LogP contribution is 2.27. The molecule has 2 heterocycles. The number of amides is 1. The van der Waals surface area contributed by atoms with Crippen LogP contribution in [0.2, 0.25) is 0 Å². The number of nitrogens with zero attached hydrogens (tertiary/aromatic N) is 2. The molecule has 1 aliphatic rings. The minimum absolute atomic E-state index is 0.0565. The summed E-state index contributed by atoms with van der Waals surface area (Å²) >= 11 is 0. The van der Waals surface area contributed by atoms with E-state index in [1.165, 1.54) is 5.69 Å². The molecule has 0 aliphatic carbocycles. The summed E-state index contributed by atoms with van der Waals surface area (Å²) in [5.74, 6) is 0.679. The molecule has 1 fully saturated rings. The van der Waals surface area contributed by atoms with Gasteiger partial charge in [-0.25, -0.2) is 0 Å². The number of methoxy groups -OCH3 is 1. The maximum atomic E-state index is 12.6. The van der Waals surface area contributed by atoms with Crippen molar-refractivity contribution in [1.29, 1.82) is 0 Å². The van der Waals surface area contributed by atoms with Gasteiger partial charge in [-0.2, -0.15) is 0 Å². The number of anilines is 2. The van der Waals surface area contributed by atoms with Gasteiger partial charge in [-0.05, 0) is 49.9 Å². The molecule has 1 N–H and O–H groups in total. The van der Waals surface area contributed by atoms with Crippen LogP contribution in [-0.4, -0.2) is 51.1 Å². The molecule has 0 saturated carbocycles. The molecule has 1 saturated heterocycles. The number of carbonyl (C=O) groups excluding carboxylic acids is 1. The summed E-state index contributed by atoms with van der Waals surface area (Å²) in [4.78, 5) is 17.4. The second-order valence-corrected chi connectivity index (χ2v) is 7.64. The molecule has 6 nitrogen and oxygen atoms in total. The Morgan fingerprint density at radius 1 is 1.14 bits per heavy atom. The number of hydrogen-bond donors (Lipinski definition) is 1. The second kappa shape index (κ2) is 8.17. The molecule has 6 heteroatoms. The van der Waals surface area contributed by atoms with Gasteiger partial charge in [0.1, 0.15) is 11.3 Å². The molecule has 0 radical (unpaired) electrons. The van der Waals surface area contributed by atoms with Crippen LogP contribution in [0.15, 0.2) is 47.1 Å². The Kier molecular flexibility index (Phi) is 5.45. The molecular weight excluding hydrogens is 366 g/mol. The number of furan rings is 1. The molecule has 3 aromatic rings. The molecular formula is C23H27N3O3. The van der Waals surface area contributed by atoms with E-state index >= 15 is 0 Å². The van der Waals surface area contributed by atoms with Gasteiger partial charge in [-0.15, -0.1) is 0 Å². The zero-order valence-electron chi connectivity index (χ0n) is 17.2. The van der Waals surface area contributed by atoms with Crippen LogP contribution in [0, 0.1) is 6.92 Å². The highest BCUT2D eigenvalue weighted by molar-refractivity contribution is 5.96. The third-order valence-corrected chi connectivity index (χ3v) is 5.57. The van der Waals surface area contributed by atoms with Crippen molar-refractivity contribution in [3.05, 3.63) is 53.8 Å². The van der Waals surface area contributed by atoms with Crippen LogP contribution in [0.3, 0.4) is 0 Å². The standard InChI is InChI=1S/C23H27N3O3/c1-16-12-18(26-10-8-25(2)9-11-26)4-7-21(16)24-23(27)13-17-15-29-22-14-19(28-3)5-6-20(17)22/h4-7,12,14-15H,8-11,13H2,1-3H3,(H,24,27). The lowest BCUT2D eigenvalue weighted by Gasteiger charge is -2.34. The molecule has 0 bridgehead atoms. The van der Waals surface area contributed by atoms with E-state index in [4.69, 9.17) is 9.15 Å². The number of piperazine rings is 1. The molecule has 29 heavy (non-hydrogen) atoms. The minimum atomic E-state index is -0.0565. The Morgan fingerprint density at radius 3 is 2.66 bits per heavy atom. The largest absolute Gasteiger partial charge is 0.497 e. The Balaban J connectivity index is 1.43. The number of aryl methyl sites for hydroxylation is 1. The van der Waals surface area contributed by atoms with Gasteiger partial charge in [0.05, 0.1) is 19.8 Å². The van der Waals surface area contributed by atoms with Crippen molar-refractivity contribution >= 4 is 28.3 Å². The number of rotatable bonds is 5. The van der Waals surface area contributed by atoms with Crippen LogP contribution in [0.5, 0.6) is 5.75 Å². The van der Waals surface area contributed by atoms with E-state index in [-0.39, 0.29) is 12.3 Å². The lowest BCUT2D eigenvalue weighted by atomic mass is 10.1. The van der Waals surface area contributed by atoms with Crippen LogP contribution >= 0.6 is 0 Å². The summed E-state index contributed by atoms with van der Waals surface area (Å²) in [6.45, 7) is 6.23. The van der Waals surface area contributed by atoms with E-state index in [2.05, 4.69) is 34.3 Å². The van der Waals surface area contributed by atoms with E-state index in [0.717, 1.165) is 59.7 Å². The topological polar surface area (TPSA) is 58.0 Å². The average molecular weight is 393 g/mol. The summed E-state index contributed by atoms with van der Waals surface area (Å²) in [5.41, 5.74) is 4.72. The molecule has 1 aliphatic heterocycles. The number of nitrogens with one attached hydrogen (secondary N) is 1. The van der Waals surface area contributed by atoms with Gasteiger partial charge in [-0.3, -0.25) is 4.79 Å². The summed E-state index contributed by atoms with van der Waals surface area (Å²) in [5, 5.41) is 3.97. The highest BCUT2D eigenvalue weighted by atomic mass is 16.5. The van der Waals surface area contributed by atoms with Gasteiger partial charge in [-0.1, -0.05) is 0 Å².